The van der Waals surface area contributed by atoms with E-state index in [9.17, 15) is 4.39 Å². The Bertz CT molecular complexity index is 403. The average Bonchev–Trinajstić information content (AvgIpc) is 2.38. The van der Waals surface area contributed by atoms with Gasteiger partial charge in [-0.05, 0) is 50.1 Å². The Kier molecular flexibility index (Phi) is 7.36. The maximum atomic E-state index is 13.2. The molecule has 0 aliphatic heterocycles. The van der Waals surface area contributed by atoms with Crippen molar-refractivity contribution in [3.05, 3.63) is 34.1 Å². The maximum absolute atomic E-state index is 13.2. The van der Waals surface area contributed by atoms with E-state index in [0.29, 0.717) is 12.6 Å². The number of hydrogen-bond donors (Lipinski definition) is 1. The first kappa shape index (κ1) is 17.0. The van der Waals surface area contributed by atoms with Crippen molar-refractivity contribution in [1.82, 2.24) is 4.90 Å². The van der Waals surface area contributed by atoms with Crippen LogP contribution in [-0.2, 0) is 0 Å². The van der Waals surface area contributed by atoms with Crippen LogP contribution in [-0.4, -0.2) is 36.5 Å². The van der Waals surface area contributed by atoms with Crippen molar-refractivity contribution in [2.45, 2.75) is 25.4 Å². The van der Waals surface area contributed by atoms with Crippen LogP contribution in [0, 0.1) is 5.82 Å². The number of benzene rings is 1. The lowest BCUT2D eigenvalue weighted by Gasteiger charge is -2.33. The average molecular weight is 349 g/mol. The van der Waals surface area contributed by atoms with Gasteiger partial charge in [0.1, 0.15) is 5.82 Å². The van der Waals surface area contributed by atoms with Crippen LogP contribution in [0.4, 0.5) is 4.39 Å². The molecule has 0 aromatic heterocycles. The van der Waals surface area contributed by atoms with Crippen LogP contribution in [0.5, 0.6) is 0 Å². The summed E-state index contributed by atoms with van der Waals surface area (Å²) in [5.41, 5.74) is 6.96. The molecule has 5 heteroatoms. The summed E-state index contributed by atoms with van der Waals surface area (Å²) in [7, 11) is 2.08. The molecule has 0 aliphatic carbocycles. The van der Waals surface area contributed by atoms with Crippen LogP contribution in [0.1, 0.15) is 24.9 Å². The van der Waals surface area contributed by atoms with E-state index in [-0.39, 0.29) is 11.9 Å². The summed E-state index contributed by atoms with van der Waals surface area (Å²) in [5, 5.41) is 0. The van der Waals surface area contributed by atoms with Gasteiger partial charge in [-0.25, -0.2) is 4.39 Å². The third kappa shape index (κ3) is 4.74. The summed E-state index contributed by atoms with van der Waals surface area (Å²) >= 11 is 5.28. The van der Waals surface area contributed by atoms with Crippen molar-refractivity contribution >= 4 is 27.7 Å². The zero-order valence-corrected chi connectivity index (χ0v) is 14.1. The van der Waals surface area contributed by atoms with E-state index in [4.69, 9.17) is 5.73 Å². The van der Waals surface area contributed by atoms with Crippen molar-refractivity contribution in [2.75, 3.05) is 25.6 Å². The molecule has 19 heavy (non-hydrogen) atoms. The van der Waals surface area contributed by atoms with Gasteiger partial charge in [-0.15, -0.1) is 0 Å². The van der Waals surface area contributed by atoms with Crippen LogP contribution >= 0.6 is 27.7 Å². The number of nitrogens with two attached hydrogens (primary N) is 1. The molecule has 1 rings (SSSR count). The zero-order valence-electron chi connectivity index (χ0n) is 11.7. The number of thioether (sulfide) groups is 1. The molecule has 2 atom stereocenters. The molecule has 2 nitrogen and oxygen atoms in total. The minimum atomic E-state index is -0.232. The van der Waals surface area contributed by atoms with Crippen molar-refractivity contribution < 1.29 is 4.39 Å². The highest BCUT2D eigenvalue weighted by molar-refractivity contribution is 9.10. The van der Waals surface area contributed by atoms with E-state index in [2.05, 4.69) is 41.1 Å². The van der Waals surface area contributed by atoms with Gasteiger partial charge in [0, 0.05) is 23.1 Å². The molecule has 1 aromatic rings. The predicted molar refractivity (Wildman–Crippen MR) is 86.1 cm³/mol. The summed E-state index contributed by atoms with van der Waals surface area (Å²) in [6.07, 6.45) is 3.23. The lowest BCUT2D eigenvalue weighted by molar-refractivity contribution is 0.185. The van der Waals surface area contributed by atoms with Crippen LogP contribution in [0.25, 0.3) is 0 Å². The van der Waals surface area contributed by atoms with Crippen LogP contribution in [0.3, 0.4) is 0 Å². The molecule has 0 heterocycles. The molecule has 1 aromatic carbocycles. The van der Waals surface area contributed by atoms with Gasteiger partial charge in [0.2, 0.25) is 0 Å². The zero-order chi connectivity index (χ0) is 14.4. The highest BCUT2D eigenvalue weighted by Gasteiger charge is 2.22. The van der Waals surface area contributed by atoms with E-state index in [1.54, 1.807) is 0 Å². The van der Waals surface area contributed by atoms with Crippen LogP contribution in [0.2, 0.25) is 0 Å². The largest absolute Gasteiger partial charge is 0.329 e. The quantitative estimate of drug-likeness (QED) is 0.815. The third-order valence-electron chi connectivity index (χ3n) is 3.47. The van der Waals surface area contributed by atoms with Gasteiger partial charge in [-0.1, -0.05) is 22.0 Å². The second kappa shape index (κ2) is 8.25. The summed E-state index contributed by atoms with van der Waals surface area (Å²) in [6.45, 7) is 2.72. The minimum Gasteiger partial charge on any atom is -0.329 e. The first-order valence-electron chi connectivity index (χ1n) is 6.37. The topological polar surface area (TPSA) is 29.3 Å². The fourth-order valence-electron chi connectivity index (χ4n) is 2.08. The van der Waals surface area contributed by atoms with Crippen molar-refractivity contribution in [3.8, 4) is 0 Å². The Morgan fingerprint density at radius 3 is 2.68 bits per heavy atom. The Morgan fingerprint density at radius 2 is 2.16 bits per heavy atom. The van der Waals surface area contributed by atoms with Crippen LogP contribution in [0.15, 0.2) is 22.7 Å². The van der Waals surface area contributed by atoms with Crippen molar-refractivity contribution in [3.63, 3.8) is 0 Å². The SMILES string of the molecule is CSCCC(C)N(C)C(CN)c1ccc(F)cc1Br. The fraction of sp³-hybridized carbons (Fsp3) is 0.571. The summed E-state index contributed by atoms with van der Waals surface area (Å²) < 4.78 is 13.9. The predicted octanol–water partition coefficient (Wildman–Crippen LogP) is 3.66. The van der Waals surface area contributed by atoms with Crippen molar-refractivity contribution in [1.29, 1.82) is 0 Å². The summed E-state index contributed by atoms with van der Waals surface area (Å²) in [5.74, 6) is 0.900. The molecule has 2 N–H and O–H groups in total. The van der Waals surface area contributed by atoms with Gasteiger partial charge in [0.25, 0.3) is 0 Å². The highest BCUT2D eigenvalue weighted by atomic mass is 79.9. The Balaban J connectivity index is 2.86. The lowest BCUT2D eigenvalue weighted by Crippen LogP contribution is -2.37. The summed E-state index contributed by atoms with van der Waals surface area (Å²) in [4.78, 5) is 2.27. The number of nitrogens with zero attached hydrogens (tertiary/aromatic N) is 1. The number of halogens is 2. The van der Waals surface area contributed by atoms with E-state index in [1.807, 2.05) is 17.8 Å². The second-order valence-corrected chi connectivity index (χ2v) is 6.55. The minimum absolute atomic E-state index is 0.104. The highest BCUT2D eigenvalue weighted by Crippen LogP contribution is 2.29. The first-order chi connectivity index (χ1) is 9.01. The van der Waals surface area contributed by atoms with E-state index < -0.39 is 0 Å². The Hall–Kier alpha value is -0.100. The van der Waals surface area contributed by atoms with Crippen LogP contribution < -0.4 is 5.73 Å². The van der Waals surface area contributed by atoms with Gasteiger partial charge in [0.15, 0.2) is 0 Å². The smallest absolute Gasteiger partial charge is 0.124 e. The van der Waals surface area contributed by atoms with E-state index in [0.717, 1.165) is 22.2 Å². The van der Waals surface area contributed by atoms with Gasteiger partial charge in [-0.3, -0.25) is 4.90 Å². The maximum Gasteiger partial charge on any atom is 0.124 e. The molecule has 0 saturated heterocycles. The van der Waals surface area contributed by atoms with Gasteiger partial charge in [0.05, 0.1) is 0 Å². The number of hydrogen-bond acceptors (Lipinski definition) is 3. The molecule has 2 unspecified atom stereocenters. The molecule has 0 radical (unpaired) electrons. The molecule has 0 amide bonds. The third-order valence-corrected chi connectivity index (χ3v) is 4.80. The molecule has 0 aliphatic rings. The standard InChI is InChI=1S/C14H22BrFN2S/c1-10(6-7-19-3)18(2)14(9-17)12-5-4-11(16)8-13(12)15/h4-5,8,10,14H,6-7,9,17H2,1-3H3. The normalized spacial score (nSPS) is 14.7. The van der Waals surface area contributed by atoms with Gasteiger partial charge < -0.3 is 5.73 Å². The van der Waals surface area contributed by atoms with Gasteiger partial charge in [-0.2, -0.15) is 11.8 Å². The molecular formula is C14H22BrFN2S. The first-order valence-corrected chi connectivity index (χ1v) is 8.55. The molecule has 0 fully saturated rings. The molecular weight excluding hydrogens is 327 g/mol. The molecule has 0 spiro atoms. The second-order valence-electron chi connectivity index (χ2n) is 4.71. The number of rotatable bonds is 7. The monoisotopic (exact) mass is 348 g/mol. The Morgan fingerprint density at radius 1 is 1.47 bits per heavy atom. The molecule has 0 saturated carbocycles. The van der Waals surface area contributed by atoms with E-state index in [1.165, 1.54) is 12.1 Å². The molecule has 108 valence electrons. The molecule has 0 bridgehead atoms. The Labute approximate surface area is 128 Å². The fourth-order valence-corrected chi connectivity index (χ4v) is 3.28. The lowest BCUT2D eigenvalue weighted by atomic mass is 10.0. The van der Waals surface area contributed by atoms with Gasteiger partial charge >= 0.3 is 0 Å². The van der Waals surface area contributed by atoms with E-state index >= 15 is 0 Å². The summed E-state index contributed by atoms with van der Waals surface area (Å²) in [6, 6.07) is 5.35. The number of likely N-dealkylation sites (N-methyl/N-ethyl adjacent to an activating group) is 1. The van der Waals surface area contributed by atoms with Crippen molar-refractivity contribution in [2.24, 2.45) is 5.73 Å².